The summed E-state index contributed by atoms with van der Waals surface area (Å²) in [6.07, 6.45) is 0.00549. The molecular weight excluding hydrogens is 298 g/mol. The molecule has 4 N–H and O–H groups in total. The molecule has 0 aliphatic rings. The van der Waals surface area contributed by atoms with E-state index in [1.807, 2.05) is 0 Å². The molecule has 0 fully saturated rings. The van der Waals surface area contributed by atoms with E-state index < -0.39 is 11.7 Å². The van der Waals surface area contributed by atoms with Gasteiger partial charge in [0.05, 0.1) is 5.56 Å². The number of carbonyl (C=O) groups excluding carboxylic acids is 2. The van der Waals surface area contributed by atoms with Gasteiger partial charge in [-0.1, -0.05) is 11.6 Å². The zero-order chi connectivity index (χ0) is 16.0. The molecule has 8 nitrogen and oxygen atoms in total. The van der Waals surface area contributed by atoms with Crippen molar-refractivity contribution >= 4 is 35.7 Å². The topological polar surface area (TPSA) is 119 Å². The van der Waals surface area contributed by atoms with Gasteiger partial charge in [0, 0.05) is 13.1 Å². The van der Waals surface area contributed by atoms with Crippen LogP contribution in [0.3, 0.4) is 0 Å². The molecule has 0 aliphatic heterocycles. The van der Waals surface area contributed by atoms with Crippen molar-refractivity contribution < 1.29 is 14.3 Å². The summed E-state index contributed by atoms with van der Waals surface area (Å²) in [6, 6.07) is 0. The molecule has 0 aromatic carbocycles. The second-order valence-corrected chi connectivity index (χ2v) is 5.47. The molecule has 1 rings (SSSR count). The first-order chi connectivity index (χ1) is 9.73. The van der Waals surface area contributed by atoms with Crippen molar-refractivity contribution in [3.8, 4) is 0 Å². The van der Waals surface area contributed by atoms with Crippen LogP contribution >= 0.6 is 11.6 Å². The van der Waals surface area contributed by atoms with E-state index >= 15 is 0 Å². The number of rotatable bonds is 5. The van der Waals surface area contributed by atoms with E-state index in [4.69, 9.17) is 22.1 Å². The molecule has 0 radical (unpaired) electrons. The standard InChI is InChI=1S/C12H18ClN5O3/c1-12(2,3)21-11(20)16-5-4-15-9-7(6-19)8(13)17-10(14)18-9/h6H,4-5H2,1-3H3,(H,16,20)(H3,14,15,17,18). The van der Waals surface area contributed by atoms with E-state index in [0.29, 0.717) is 12.8 Å². The molecule has 0 aliphatic carbocycles. The second-order valence-electron chi connectivity index (χ2n) is 5.11. The highest BCUT2D eigenvalue weighted by Crippen LogP contribution is 2.19. The first-order valence-corrected chi connectivity index (χ1v) is 6.59. The summed E-state index contributed by atoms with van der Waals surface area (Å²) in [5, 5.41) is 5.38. The van der Waals surface area contributed by atoms with Crippen LogP contribution in [0.25, 0.3) is 0 Å². The highest BCUT2D eigenvalue weighted by atomic mass is 35.5. The number of ether oxygens (including phenoxy) is 1. The number of nitrogens with two attached hydrogens (primary N) is 1. The Kier molecular flexibility index (Phi) is 5.71. The summed E-state index contributed by atoms with van der Waals surface area (Å²) in [7, 11) is 0. The van der Waals surface area contributed by atoms with Crippen LogP contribution in [-0.2, 0) is 4.74 Å². The molecule has 0 bridgehead atoms. The van der Waals surface area contributed by atoms with Crippen molar-refractivity contribution in [1.29, 1.82) is 0 Å². The number of anilines is 2. The number of nitrogens with one attached hydrogen (secondary N) is 2. The summed E-state index contributed by atoms with van der Waals surface area (Å²) in [6.45, 7) is 5.90. The second kappa shape index (κ2) is 7.07. The molecule has 0 atom stereocenters. The van der Waals surface area contributed by atoms with Crippen molar-refractivity contribution in [2.75, 3.05) is 24.1 Å². The van der Waals surface area contributed by atoms with Crippen LogP contribution in [-0.4, -0.2) is 41.0 Å². The first-order valence-electron chi connectivity index (χ1n) is 6.22. The van der Waals surface area contributed by atoms with Crippen molar-refractivity contribution in [1.82, 2.24) is 15.3 Å². The third-order valence-corrected chi connectivity index (χ3v) is 2.41. The summed E-state index contributed by atoms with van der Waals surface area (Å²) in [4.78, 5) is 29.9. The van der Waals surface area contributed by atoms with Crippen molar-refractivity contribution in [3.05, 3.63) is 10.7 Å². The molecule has 1 aromatic rings. The normalized spacial score (nSPS) is 10.9. The predicted octanol–water partition coefficient (Wildman–Crippen LogP) is 1.46. The fourth-order valence-corrected chi connectivity index (χ4v) is 1.58. The van der Waals surface area contributed by atoms with Crippen LogP contribution in [0.15, 0.2) is 0 Å². The molecule has 0 saturated heterocycles. The fourth-order valence-electron chi connectivity index (χ4n) is 1.36. The van der Waals surface area contributed by atoms with E-state index in [2.05, 4.69) is 20.6 Å². The minimum atomic E-state index is -0.559. The van der Waals surface area contributed by atoms with Crippen LogP contribution in [0.1, 0.15) is 31.1 Å². The third-order valence-electron chi connectivity index (χ3n) is 2.12. The van der Waals surface area contributed by atoms with E-state index in [9.17, 15) is 9.59 Å². The van der Waals surface area contributed by atoms with Crippen LogP contribution in [0.2, 0.25) is 5.15 Å². The Morgan fingerprint density at radius 3 is 2.62 bits per heavy atom. The fraction of sp³-hybridized carbons (Fsp3) is 0.500. The first kappa shape index (κ1) is 17.0. The molecule has 1 aromatic heterocycles. The highest BCUT2D eigenvalue weighted by Gasteiger charge is 2.15. The maximum atomic E-state index is 11.4. The molecular formula is C12H18ClN5O3. The molecule has 21 heavy (non-hydrogen) atoms. The SMILES string of the molecule is CC(C)(C)OC(=O)NCCNc1nc(N)nc(Cl)c1C=O. The van der Waals surface area contributed by atoms with Crippen LogP contribution < -0.4 is 16.4 Å². The average Bonchev–Trinajstić information content (AvgIpc) is 2.32. The lowest BCUT2D eigenvalue weighted by atomic mass is 10.2. The number of hydrogen-bond donors (Lipinski definition) is 3. The van der Waals surface area contributed by atoms with Crippen molar-refractivity contribution in [2.24, 2.45) is 0 Å². The number of nitrogens with zero attached hydrogens (tertiary/aromatic N) is 2. The van der Waals surface area contributed by atoms with Crippen LogP contribution in [0, 0.1) is 0 Å². The van der Waals surface area contributed by atoms with Gasteiger partial charge in [0.1, 0.15) is 16.6 Å². The van der Waals surface area contributed by atoms with Crippen LogP contribution in [0.4, 0.5) is 16.6 Å². The van der Waals surface area contributed by atoms with Gasteiger partial charge in [-0.15, -0.1) is 0 Å². The van der Waals surface area contributed by atoms with Crippen LogP contribution in [0.5, 0.6) is 0 Å². The van der Waals surface area contributed by atoms with Gasteiger partial charge < -0.3 is 21.1 Å². The van der Waals surface area contributed by atoms with Gasteiger partial charge >= 0.3 is 6.09 Å². The number of nitrogen functional groups attached to an aromatic ring is 1. The van der Waals surface area contributed by atoms with E-state index in [-0.39, 0.29) is 29.0 Å². The largest absolute Gasteiger partial charge is 0.444 e. The van der Waals surface area contributed by atoms with Gasteiger partial charge in [0.2, 0.25) is 5.95 Å². The molecule has 1 amide bonds. The molecule has 1 heterocycles. The summed E-state index contributed by atoms with van der Waals surface area (Å²) in [5.74, 6) is 0.168. The molecule has 0 unspecified atom stereocenters. The van der Waals surface area contributed by atoms with Gasteiger partial charge in [-0.05, 0) is 20.8 Å². The van der Waals surface area contributed by atoms with E-state index in [0.717, 1.165) is 0 Å². The number of aromatic nitrogens is 2. The Balaban J connectivity index is 2.50. The summed E-state index contributed by atoms with van der Waals surface area (Å²) in [5.41, 5.74) is 5.01. The zero-order valence-electron chi connectivity index (χ0n) is 12.1. The average molecular weight is 316 g/mol. The van der Waals surface area contributed by atoms with Gasteiger partial charge in [0.25, 0.3) is 0 Å². The number of hydrogen-bond acceptors (Lipinski definition) is 7. The molecule has 116 valence electrons. The lowest BCUT2D eigenvalue weighted by Crippen LogP contribution is -2.35. The van der Waals surface area contributed by atoms with Gasteiger partial charge in [-0.3, -0.25) is 4.79 Å². The Labute approximate surface area is 127 Å². The molecule has 9 heteroatoms. The maximum absolute atomic E-state index is 11.4. The smallest absolute Gasteiger partial charge is 0.407 e. The van der Waals surface area contributed by atoms with Gasteiger partial charge in [0.15, 0.2) is 6.29 Å². The minimum Gasteiger partial charge on any atom is -0.444 e. The quantitative estimate of drug-likeness (QED) is 0.427. The molecule has 0 saturated carbocycles. The minimum absolute atomic E-state index is 0.0277. The third kappa shape index (κ3) is 5.82. The number of aldehydes is 1. The number of alkyl carbamates (subject to hydrolysis) is 1. The summed E-state index contributed by atoms with van der Waals surface area (Å²) < 4.78 is 5.07. The number of halogens is 1. The lowest BCUT2D eigenvalue weighted by molar-refractivity contribution is 0.0530. The highest BCUT2D eigenvalue weighted by molar-refractivity contribution is 6.32. The number of amides is 1. The van der Waals surface area contributed by atoms with E-state index in [1.165, 1.54) is 0 Å². The Hall–Kier alpha value is -2.09. The summed E-state index contributed by atoms with van der Waals surface area (Å²) >= 11 is 5.78. The Bertz CT molecular complexity index is 530. The maximum Gasteiger partial charge on any atom is 0.407 e. The van der Waals surface area contributed by atoms with Crippen molar-refractivity contribution in [3.63, 3.8) is 0 Å². The monoisotopic (exact) mass is 315 g/mol. The zero-order valence-corrected chi connectivity index (χ0v) is 12.8. The molecule has 0 spiro atoms. The Morgan fingerprint density at radius 1 is 1.38 bits per heavy atom. The predicted molar refractivity (Wildman–Crippen MR) is 79.6 cm³/mol. The lowest BCUT2D eigenvalue weighted by Gasteiger charge is -2.19. The Morgan fingerprint density at radius 2 is 2.05 bits per heavy atom. The van der Waals surface area contributed by atoms with Gasteiger partial charge in [-0.2, -0.15) is 4.98 Å². The van der Waals surface area contributed by atoms with Gasteiger partial charge in [-0.25, -0.2) is 9.78 Å². The van der Waals surface area contributed by atoms with Crippen molar-refractivity contribution in [2.45, 2.75) is 26.4 Å². The number of carbonyl (C=O) groups is 2. The van der Waals surface area contributed by atoms with E-state index in [1.54, 1.807) is 20.8 Å².